The van der Waals surface area contributed by atoms with Crippen molar-refractivity contribution in [3.8, 4) is 5.75 Å². The molecule has 1 fully saturated rings. The van der Waals surface area contributed by atoms with E-state index in [-0.39, 0.29) is 18.1 Å². The Kier molecular flexibility index (Phi) is 6.35. The summed E-state index contributed by atoms with van der Waals surface area (Å²) in [6.45, 7) is 7.45. The molecule has 0 N–H and O–H groups in total. The first-order valence-electron chi connectivity index (χ1n) is 10.1. The van der Waals surface area contributed by atoms with E-state index in [9.17, 15) is 9.59 Å². The van der Waals surface area contributed by atoms with Crippen molar-refractivity contribution in [1.82, 2.24) is 4.90 Å². The maximum Gasteiger partial charge on any atom is 0.410 e. The van der Waals surface area contributed by atoms with E-state index in [0.29, 0.717) is 19.5 Å². The van der Waals surface area contributed by atoms with Gasteiger partial charge in [0.15, 0.2) is 0 Å². The molecule has 7 nitrogen and oxygen atoms in total. The van der Waals surface area contributed by atoms with Gasteiger partial charge in [-0.25, -0.2) is 9.59 Å². The molecule has 0 spiro atoms. The fourth-order valence-electron chi connectivity index (χ4n) is 3.55. The van der Waals surface area contributed by atoms with Crippen LogP contribution in [0.5, 0.6) is 5.75 Å². The Bertz CT molecular complexity index is 766. The van der Waals surface area contributed by atoms with Gasteiger partial charge >= 0.3 is 12.1 Å². The molecule has 29 heavy (non-hydrogen) atoms. The lowest BCUT2D eigenvalue weighted by atomic mass is 10.2. The number of benzene rings is 1. The smallest absolute Gasteiger partial charge is 0.410 e. The number of carbonyl (C=O) groups is 2. The minimum atomic E-state index is -0.498. The molecular weight excluding hydrogens is 372 g/mol. The molecule has 1 saturated heterocycles. The fourth-order valence-corrected chi connectivity index (χ4v) is 3.55. The first kappa shape index (κ1) is 21.0. The fraction of sp³-hybridized carbons (Fsp3) is 0.545. The van der Waals surface area contributed by atoms with Gasteiger partial charge < -0.3 is 24.0 Å². The predicted octanol–water partition coefficient (Wildman–Crippen LogP) is 3.73. The van der Waals surface area contributed by atoms with Crippen LogP contribution in [0.1, 0.15) is 40.0 Å². The third kappa shape index (κ3) is 5.43. The van der Waals surface area contributed by atoms with Gasteiger partial charge in [-0.1, -0.05) is 0 Å². The molecule has 158 valence electrons. The van der Waals surface area contributed by atoms with E-state index in [1.54, 1.807) is 4.90 Å². The Balaban J connectivity index is 1.57. The number of ether oxygens (including phenoxy) is 3. The highest BCUT2D eigenvalue weighted by atomic mass is 16.6. The summed E-state index contributed by atoms with van der Waals surface area (Å²) in [6.07, 6.45) is 4.03. The zero-order chi connectivity index (χ0) is 21.0. The lowest BCUT2D eigenvalue weighted by molar-refractivity contribution is -0.141. The van der Waals surface area contributed by atoms with Gasteiger partial charge in [0.05, 0.1) is 7.11 Å². The van der Waals surface area contributed by atoms with Crippen LogP contribution in [0.15, 0.2) is 36.1 Å². The van der Waals surface area contributed by atoms with Crippen LogP contribution in [-0.4, -0.2) is 55.3 Å². The molecule has 7 heteroatoms. The van der Waals surface area contributed by atoms with Gasteiger partial charge in [0.25, 0.3) is 0 Å². The van der Waals surface area contributed by atoms with E-state index in [1.165, 1.54) is 7.11 Å². The molecule has 1 amide bonds. The first-order chi connectivity index (χ1) is 13.8. The SMILES string of the molecule is COC(=O)[C@H]1CCCN1c1ccc(OC2=CCN(C(=O)OC(C)(C)C)CC2)cc1. The van der Waals surface area contributed by atoms with Crippen LogP contribution in [0.25, 0.3) is 0 Å². The Hall–Kier alpha value is -2.70. The zero-order valence-corrected chi connectivity index (χ0v) is 17.6. The van der Waals surface area contributed by atoms with Crippen molar-refractivity contribution in [3.63, 3.8) is 0 Å². The second-order valence-corrected chi connectivity index (χ2v) is 8.32. The van der Waals surface area contributed by atoms with Gasteiger partial charge in [-0.3, -0.25) is 0 Å². The number of nitrogens with zero attached hydrogens (tertiary/aromatic N) is 2. The van der Waals surface area contributed by atoms with Crippen molar-refractivity contribution >= 4 is 17.7 Å². The molecule has 0 aliphatic carbocycles. The minimum Gasteiger partial charge on any atom is -0.467 e. The normalized spacial score (nSPS) is 19.6. The lowest BCUT2D eigenvalue weighted by Crippen LogP contribution is -2.39. The molecule has 1 aromatic carbocycles. The van der Waals surface area contributed by atoms with Crippen molar-refractivity contribution < 1.29 is 23.8 Å². The van der Waals surface area contributed by atoms with Crippen molar-refractivity contribution in [2.24, 2.45) is 0 Å². The minimum absolute atomic E-state index is 0.190. The van der Waals surface area contributed by atoms with Crippen molar-refractivity contribution in [1.29, 1.82) is 0 Å². The van der Waals surface area contributed by atoms with E-state index in [2.05, 4.69) is 4.90 Å². The van der Waals surface area contributed by atoms with Crippen LogP contribution in [0, 0.1) is 0 Å². The number of anilines is 1. The quantitative estimate of drug-likeness (QED) is 0.715. The summed E-state index contributed by atoms with van der Waals surface area (Å²) < 4.78 is 16.3. The summed E-state index contributed by atoms with van der Waals surface area (Å²) >= 11 is 0. The number of esters is 1. The molecule has 2 heterocycles. The van der Waals surface area contributed by atoms with E-state index >= 15 is 0 Å². The average Bonchev–Trinajstić information content (AvgIpc) is 3.17. The Morgan fingerprint density at radius 2 is 1.83 bits per heavy atom. The van der Waals surface area contributed by atoms with Gasteiger partial charge in [0, 0.05) is 31.7 Å². The molecule has 1 aromatic rings. The van der Waals surface area contributed by atoms with Gasteiger partial charge in [0.2, 0.25) is 0 Å². The number of hydrogen-bond donors (Lipinski definition) is 0. The third-order valence-corrected chi connectivity index (χ3v) is 4.96. The molecule has 1 atom stereocenters. The van der Waals surface area contributed by atoms with Crippen LogP contribution in [0.2, 0.25) is 0 Å². The highest BCUT2D eigenvalue weighted by molar-refractivity contribution is 5.80. The topological polar surface area (TPSA) is 68.3 Å². The number of amides is 1. The van der Waals surface area contributed by atoms with E-state index in [4.69, 9.17) is 14.2 Å². The number of carbonyl (C=O) groups excluding carboxylic acids is 2. The van der Waals surface area contributed by atoms with Crippen LogP contribution >= 0.6 is 0 Å². The molecule has 0 unspecified atom stereocenters. The highest BCUT2D eigenvalue weighted by Gasteiger charge is 2.31. The Morgan fingerprint density at radius 3 is 2.41 bits per heavy atom. The average molecular weight is 402 g/mol. The van der Waals surface area contributed by atoms with E-state index in [1.807, 2.05) is 51.1 Å². The number of methoxy groups -OCH3 is 1. The molecule has 2 aliphatic rings. The Labute approximate surface area is 172 Å². The summed E-state index contributed by atoms with van der Waals surface area (Å²) in [5.41, 5.74) is 0.487. The molecular formula is C22H30N2O5. The number of rotatable bonds is 4. The van der Waals surface area contributed by atoms with Crippen LogP contribution in [-0.2, 0) is 14.3 Å². The molecule has 0 aromatic heterocycles. The van der Waals surface area contributed by atoms with E-state index < -0.39 is 5.60 Å². The summed E-state index contributed by atoms with van der Waals surface area (Å²) in [5, 5.41) is 0. The summed E-state index contributed by atoms with van der Waals surface area (Å²) in [5.74, 6) is 1.38. The van der Waals surface area contributed by atoms with Gasteiger partial charge in [-0.2, -0.15) is 0 Å². The summed E-state index contributed by atoms with van der Waals surface area (Å²) in [6, 6.07) is 7.53. The Morgan fingerprint density at radius 1 is 1.10 bits per heavy atom. The van der Waals surface area contributed by atoms with Gasteiger partial charge in [-0.05, 0) is 64.0 Å². The van der Waals surface area contributed by atoms with Crippen LogP contribution in [0.4, 0.5) is 10.5 Å². The van der Waals surface area contributed by atoms with Crippen LogP contribution < -0.4 is 9.64 Å². The van der Waals surface area contributed by atoms with Crippen molar-refractivity contribution in [2.75, 3.05) is 31.6 Å². The maximum atomic E-state index is 12.1. The third-order valence-electron chi connectivity index (χ3n) is 4.96. The molecule has 2 aliphatic heterocycles. The summed E-state index contributed by atoms with van der Waals surface area (Å²) in [4.78, 5) is 27.8. The van der Waals surface area contributed by atoms with Crippen LogP contribution in [0.3, 0.4) is 0 Å². The highest BCUT2D eigenvalue weighted by Crippen LogP contribution is 2.29. The molecule has 3 rings (SSSR count). The van der Waals surface area contributed by atoms with Gasteiger partial charge in [-0.15, -0.1) is 0 Å². The van der Waals surface area contributed by atoms with Crippen molar-refractivity contribution in [2.45, 2.75) is 51.7 Å². The molecule has 0 saturated carbocycles. The number of hydrogen-bond acceptors (Lipinski definition) is 6. The zero-order valence-electron chi connectivity index (χ0n) is 17.6. The standard InChI is InChI=1S/C22H30N2O5/c1-22(2,3)29-21(26)23-14-11-18(12-15-23)28-17-9-7-16(8-10-17)24-13-5-6-19(24)20(25)27-4/h7-11,19H,5-6,12-15H2,1-4H3/t19-/m1/s1. The van der Waals surface area contributed by atoms with Gasteiger partial charge in [0.1, 0.15) is 23.2 Å². The monoisotopic (exact) mass is 402 g/mol. The second kappa shape index (κ2) is 8.76. The largest absolute Gasteiger partial charge is 0.467 e. The second-order valence-electron chi connectivity index (χ2n) is 8.32. The molecule has 0 bridgehead atoms. The van der Waals surface area contributed by atoms with Crippen molar-refractivity contribution in [3.05, 3.63) is 36.1 Å². The summed E-state index contributed by atoms with van der Waals surface area (Å²) in [7, 11) is 1.43. The maximum absolute atomic E-state index is 12.1. The van der Waals surface area contributed by atoms with E-state index in [0.717, 1.165) is 36.6 Å². The predicted molar refractivity (Wildman–Crippen MR) is 110 cm³/mol. The first-order valence-corrected chi connectivity index (χ1v) is 10.1. The lowest BCUT2D eigenvalue weighted by Gasteiger charge is -2.29. The molecule has 0 radical (unpaired) electrons.